The molecular formula is C30H41N5O6S. The summed E-state index contributed by atoms with van der Waals surface area (Å²) in [5, 5.41) is 12.1. The van der Waals surface area contributed by atoms with Crippen molar-refractivity contribution in [2.75, 3.05) is 25.0 Å². The Kier molecular flexibility index (Phi) is 11.8. The molecule has 2 aromatic heterocycles. The molecule has 0 atom stereocenters. The Labute approximate surface area is 251 Å². The van der Waals surface area contributed by atoms with Gasteiger partial charge in [-0.25, -0.2) is 4.79 Å². The third-order valence-corrected chi connectivity index (χ3v) is 6.36. The molecule has 12 heteroatoms. The molecule has 42 heavy (non-hydrogen) atoms. The van der Waals surface area contributed by atoms with Crippen molar-refractivity contribution in [1.29, 1.82) is 0 Å². The molecule has 0 saturated carbocycles. The number of nitrogens with zero attached hydrogens (tertiary/aromatic N) is 3. The van der Waals surface area contributed by atoms with Gasteiger partial charge in [-0.3, -0.25) is 4.68 Å². The van der Waals surface area contributed by atoms with E-state index in [4.69, 9.17) is 23.5 Å². The van der Waals surface area contributed by atoms with Crippen molar-refractivity contribution in [2.24, 2.45) is 0 Å². The minimum Gasteiger partial charge on any atom is -0.496 e. The van der Waals surface area contributed by atoms with Gasteiger partial charge in [-0.15, -0.1) is 0 Å². The van der Waals surface area contributed by atoms with Crippen LogP contribution in [-0.2, 0) is 17.8 Å². The average molecular weight is 600 g/mol. The lowest BCUT2D eigenvalue weighted by Crippen LogP contribution is -2.32. The molecule has 1 amide bonds. The molecule has 0 fully saturated rings. The second-order valence-corrected chi connectivity index (χ2v) is 10.4. The van der Waals surface area contributed by atoms with Crippen molar-refractivity contribution in [2.45, 2.75) is 72.1 Å². The van der Waals surface area contributed by atoms with Gasteiger partial charge in [-0.05, 0) is 50.9 Å². The van der Waals surface area contributed by atoms with Crippen LogP contribution in [0, 0.1) is 0 Å². The molecule has 1 aliphatic rings. The van der Waals surface area contributed by atoms with E-state index in [0.717, 1.165) is 21.8 Å². The summed E-state index contributed by atoms with van der Waals surface area (Å²) < 4.78 is 33.5. The molecule has 2 aromatic carbocycles. The smallest absolute Gasteiger partial charge is 0.407 e. The van der Waals surface area contributed by atoms with E-state index in [1.54, 1.807) is 18.0 Å². The average Bonchev–Trinajstić information content (AvgIpc) is 3.63. The van der Waals surface area contributed by atoms with Crippen LogP contribution in [0.5, 0.6) is 17.2 Å². The van der Waals surface area contributed by atoms with Crippen LogP contribution in [-0.4, -0.2) is 47.0 Å². The summed E-state index contributed by atoms with van der Waals surface area (Å²) in [5.41, 5.74) is 1.67. The number of rotatable bonds is 8. The van der Waals surface area contributed by atoms with Crippen molar-refractivity contribution in [3.05, 3.63) is 53.9 Å². The molecule has 0 radical (unpaired) electrons. The third kappa shape index (κ3) is 8.25. The zero-order chi connectivity index (χ0) is 30.7. The van der Waals surface area contributed by atoms with Gasteiger partial charge in [0.2, 0.25) is 0 Å². The molecule has 0 aliphatic carbocycles. The SMILES string of the molecule is CC.CC.COc1ccccc1SNc1noc2cc(Cn3cc(CNC(=O)OC(C)(C)C)cn3)c3c(c12)OCCO3. The Morgan fingerprint density at radius 1 is 1.10 bits per heavy atom. The number of anilines is 1. The summed E-state index contributed by atoms with van der Waals surface area (Å²) in [7, 11) is 1.63. The van der Waals surface area contributed by atoms with E-state index < -0.39 is 11.7 Å². The topological polar surface area (TPSA) is 122 Å². The molecule has 4 aromatic rings. The summed E-state index contributed by atoms with van der Waals surface area (Å²) in [6.07, 6.45) is 3.08. The van der Waals surface area contributed by atoms with Crippen LogP contribution < -0.4 is 24.2 Å². The predicted octanol–water partition coefficient (Wildman–Crippen LogP) is 7.05. The fourth-order valence-electron chi connectivity index (χ4n) is 3.93. The predicted molar refractivity (Wildman–Crippen MR) is 165 cm³/mol. The maximum absolute atomic E-state index is 12.0. The summed E-state index contributed by atoms with van der Waals surface area (Å²) in [6, 6.07) is 9.58. The van der Waals surface area contributed by atoms with Crippen molar-refractivity contribution in [1.82, 2.24) is 20.3 Å². The number of hydrogen-bond acceptors (Lipinski definition) is 10. The van der Waals surface area contributed by atoms with Crippen molar-refractivity contribution < 1.29 is 28.3 Å². The van der Waals surface area contributed by atoms with Crippen LogP contribution in [0.15, 0.2) is 52.1 Å². The summed E-state index contributed by atoms with van der Waals surface area (Å²) >= 11 is 1.37. The first-order valence-corrected chi connectivity index (χ1v) is 14.9. The monoisotopic (exact) mass is 599 g/mol. The molecular weight excluding hydrogens is 558 g/mol. The number of fused-ring (bicyclic) bond motifs is 3. The second kappa shape index (κ2) is 15.2. The minimum atomic E-state index is -0.558. The lowest BCUT2D eigenvalue weighted by molar-refractivity contribution is 0.0523. The Morgan fingerprint density at radius 3 is 2.52 bits per heavy atom. The lowest BCUT2D eigenvalue weighted by Gasteiger charge is -2.22. The highest BCUT2D eigenvalue weighted by Crippen LogP contribution is 2.45. The number of nitrogens with one attached hydrogen (secondary N) is 2. The highest BCUT2D eigenvalue weighted by atomic mass is 32.2. The first kappa shape index (κ1) is 32.5. The summed E-state index contributed by atoms with van der Waals surface area (Å²) in [5.74, 6) is 2.48. The van der Waals surface area contributed by atoms with E-state index in [1.165, 1.54) is 11.9 Å². The van der Waals surface area contributed by atoms with Crippen molar-refractivity contribution in [3.8, 4) is 17.2 Å². The van der Waals surface area contributed by atoms with Crippen molar-refractivity contribution in [3.63, 3.8) is 0 Å². The maximum atomic E-state index is 12.0. The molecule has 0 bridgehead atoms. The number of carbonyl (C=O) groups excluding carboxylic acids is 1. The van der Waals surface area contributed by atoms with Crippen LogP contribution in [0.25, 0.3) is 11.0 Å². The van der Waals surface area contributed by atoms with Crippen LogP contribution in [0.3, 0.4) is 0 Å². The summed E-state index contributed by atoms with van der Waals surface area (Å²) in [4.78, 5) is 12.9. The molecule has 0 unspecified atom stereocenters. The van der Waals surface area contributed by atoms with Gasteiger partial charge in [-0.1, -0.05) is 45.0 Å². The van der Waals surface area contributed by atoms with Gasteiger partial charge in [0, 0.05) is 23.9 Å². The van der Waals surface area contributed by atoms with E-state index in [0.29, 0.717) is 54.6 Å². The number of amides is 1. The Bertz CT molecular complexity index is 1450. The van der Waals surface area contributed by atoms with Gasteiger partial charge < -0.3 is 33.5 Å². The van der Waals surface area contributed by atoms with E-state index >= 15 is 0 Å². The Balaban J connectivity index is 0.00000116. The molecule has 3 heterocycles. The van der Waals surface area contributed by atoms with Gasteiger partial charge >= 0.3 is 6.09 Å². The largest absolute Gasteiger partial charge is 0.496 e. The molecule has 11 nitrogen and oxygen atoms in total. The Hall–Kier alpha value is -4.06. The molecule has 228 valence electrons. The van der Waals surface area contributed by atoms with Gasteiger partial charge in [0.15, 0.2) is 22.9 Å². The van der Waals surface area contributed by atoms with Gasteiger partial charge in [-0.2, -0.15) is 5.10 Å². The highest BCUT2D eigenvalue weighted by molar-refractivity contribution is 8.00. The van der Waals surface area contributed by atoms with Gasteiger partial charge in [0.05, 0.1) is 24.7 Å². The van der Waals surface area contributed by atoms with Crippen LogP contribution in [0.1, 0.15) is 59.6 Å². The number of aromatic nitrogens is 3. The summed E-state index contributed by atoms with van der Waals surface area (Å²) in [6.45, 7) is 15.0. The lowest BCUT2D eigenvalue weighted by atomic mass is 10.1. The van der Waals surface area contributed by atoms with E-state index in [1.807, 2.05) is 85.0 Å². The third-order valence-electron chi connectivity index (χ3n) is 5.51. The van der Waals surface area contributed by atoms with E-state index in [9.17, 15) is 4.79 Å². The number of ether oxygens (including phenoxy) is 4. The zero-order valence-corrected chi connectivity index (χ0v) is 26.4. The maximum Gasteiger partial charge on any atom is 0.407 e. The number of benzene rings is 2. The highest BCUT2D eigenvalue weighted by Gasteiger charge is 2.26. The number of para-hydroxylation sites is 1. The van der Waals surface area contributed by atoms with E-state index in [2.05, 4.69) is 20.3 Å². The first-order valence-electron chi connectivity index (χ1n) is 14.1. The van der Waals surface area contributed by atoms with E-state index in [-0.39, 0.29) is 0 Å². The van der Waals surface area contributed by atoms with Gasteiger partial charge in [0.1, 0.15) is 30.0 Å². The standard InChI is InChI=1S/C26H29N5O6S.2C2H6/c1-26(2,3)36-25(32)27-12-16-13-28-31(14-16)15-17-11-19-21(23-22(17)34-9-10-35-23)24(29-37-19)30-38-20-8-6-5-7-18(20)33-4;2*1-2/h5-8,11,13-14H,9-10,12,15H2,1-4H3,(H,27,32)(H,29,30);2*1-2H3. The molecule has 2 N–H and O–H groups in total. The number of hydrogen-bond donors (Lipinski definition) is 2. The molecule has 5 rings (SSSR count). The normalized spacial score (nSPS) is 11.9. The fraction of sp³-hybridized carbons (Fsp3) is 0.433. The van der Waals surface area contributed by atoms with Crippen molar-refractivity contribution >= 4 is 34.8 Å². The number of carbonyl (C=O) groups is 1. The Morgan fingerprint density at radius 2 is 1.81 bits per heavy atom. The van der Waals surface area contributed by atoms with Crippen LogP contribution >= 0.6 is 11.9 Å². The molecule has 0 saturated heterocycles. The number of methoxy groups -OCH3 is 1. The fourth-order valence-corrected chi connectivity index (χ4v) is 4.67. The van der Waals surface area contributed by atoms with Gasteiger partial charge in [0.25, 0.3) is 0 Å². The van der Waals surface area contributed by atoms with Crippen LogP contribution in [0.4, 0.5) is 10.6 Å². The first-order chi connectivity index (χ1) is 20.3. The van der Waals surface area contributed by atoms with Crippen LogP contribution in [0.2, 0.25) is 0 Å². The quantitative estimate of drug-likeness (QED) is 0.204. The number of alkyl carbamates (subject to hydrolysis) is 1. The molecule has 1 aliphatic heterocycles. The molecule has 0 spiro atoms. The zero-order valence-electron chi connectivity index (χ0n) is 25.6. The minimum absolute atomic E-state index is 0.298. The second-order valence-electron chi connectivity index (χ2n) is 9.55.